The van der Waals surface area contributed by atoms with E-state index < -0.39 is 0 Å². The number of halogens is 1. The third-order valence-electron chi connectivity index (χ3n) is 4.94. The zero-order chi connectivity index (χ0) is 21.9. The Balaban J connectivity index is 1.26. The molecule has 0 bridgehead atoms. The van der Waals surface area contributed by atoms with Crippen LogP contribution in [0.5, 0.6) is 11.5 Å². The first-order valence-electron chi connectivity index (χ1n) is 10.2. The van der Waals surface area contributed by atoms with E-state index in [2.05, 4.69) is 4.98 Å². The molecule has 0 saturated carbocycles. The number of benzene rings is 3. The molecule has 0 radical (unpaired) electrons. The van der Waals surface area contributed by atoms with Crippen molar-refractivity contribution in [3.05, 3.63) is 98.3 Å². The smallest absolute Gasteiger partial charge is 0.274 e. The number of aromatic nitrogens is 2. The van der Waals surface area contributed by atoms with Gasteiger partial charge in [-0.2, -0.15) is 0 Å². The Morgan fingerprint density at radius 2 is 1.72 bits per heavy atom. The summed E-state index contributed by atoms with van der Waals surface area (Å²) >= 11 is 7.27. The number of imidazole rings is 1. The summed E-state index contributed by atoms with van der Waals surface area (Å²) in [6.45, 7) is 1.08. The predicted molar refractivity (Wildman–Crippen MR) is 129 cm³/mol. The maximum Gasteiger partial charge on any atom is 0.274 e. The van der Waals surface area contributed by atoms with Crippen LogP contribution in [-0.2, 0) is 0 Å². The summed E-state index contributed by atoms with van der Waals surface area (Å²) in [4.78, 5) is 18.2. The van der Waals surface area contributed by atoms with Crippen LogP contribution >= 0.6 is 22.9 Å². The molecule has 0 unspecified atom stereocenters. The molecule has 0 N–H and O–H groups in total. The predicted octanol–water partition coefficient (Wildman–Crippen LogP) is 4.96. The van der Waals surface area contributed by atoms with E-state index >= 15 is 0 Å². The molecule has 5 nitrogen and oxygen atoms in total. The average Bonchev–Trinajstić information content (AvgIpc) is 3.31. The van der Waals surface area contributed by atoms with Crippen molar-refractivity contribution in [1.82, 2.24) is 9.38 Å². The summed E-state index contributed by atoms with van der Waals surface area (Å²) < 4.78 is 13.9. The van der Waals surface area contributed by atoms with Crippen molar-refractivity contribution in [3.63, 3.8) is 0 Å². The van der Waals surface area contributed by atoms with Crippen molar-refractivity contribution in [2.24, 2.45) is 0 Å². The second-order valence-electron chi connectivity index (χ2n) is 7.21. The van der Waals surface area contributed by atoms with Gasteiger partial charge in [0, 0.05) is 11.4 Å². The summed E-state index contributed by atoms with van der Waals surface area (Å²) in [5, 5.41) is 0.687. The monoisotopic (exact) mass is 462 g/mol. The first-order valence-corrected chi connectivity index (χ1v) is 11.4. The maximum atomic E-state index is 12.9. The van der Waals surface area contributed by atoms with Crippen molar-refractivity contribution < 1.29 is 9.47 Å². The van der Waals surface area contributed by atoms with E-state index in [1.807, 2.05) is 66.7 Å². The first-order chi connectivity index (χ1) is 15.7. The van der Waals surface area contributed by atoms with Crippen LogP contribution in [0.2, 0.25) is 5.02 Å². The van der Waals surface area contributed by atoms with Crippen molar-refractivity contribution in [2.45, 2.75) is 6.42 Å². The highest BCUT2D eigenvalue weighted by Gasteiger charge is 2.10. The molecule has 5 rings (SSSR count). The Morgan fingerprint density at radius 3 is 2.56 bits per heavy atom. The van der Waals surface area contributed by atoms with Crippen molar-refractivity contribution >= 4 is 45.0 Å². The summed E-state index contributed by atoms with van der Waals surface area (Å²) in [7, 11) is 0. The van der Waals surface area contributed by atoms with E-state index in [9.17, 15) is 4.79 Å². The normalized spacial score (nSPS) is 12.0. The van der Waals surface area contributed by atoms with Gasteiger partial charge in [-0.15, -0.1) is 0 Å². The number of para-hydroxylation sites is 2. The van der Waals surface area contributed by atoms with Gasteiger partial charge in [0.2, 0.25) is 0 Å². The van der Waals surface area contributed by atoms with Crippen LogP contribution in [0, 0.1) is 0 Å². The molecule has 3 aromatic carbocycles. The van der Waals surface area contributed by atoms with E-state index in [0.717, 1.165) is 34.5 Å². The van der Waals surface area contributed by atoms with Gasteiger partial charge < -0.3 is 9.47 Å². The molecule has 32 heavy (non-hydrogen) atoms. The van der Waals surface area contributed by atoms with Crippen molar-refractivity contribution in [1.29, 1.82) is 0 Å². The summed E-state index contributed by atoms with van der Waals surface area (Å²) in [5.41, 5.74) is 2.52. The highest BCUT2D eigenvalue weighted by atomic mass is 35.5. The maximum absolute atomic E-state index is 12.9. The molecule has 0 aliphatic heterocycles. The summed E-state index contributed by atoms with van der Waals surface area (Å²) in [6, 6.07) is 22.7. The molecule has 0 amide bonds. The quantitative estimate of drug-likeness (QED) is 0.321. The average molecular weight is 463 g/mol. The van der Waals surface area contributed by atoms with Gasteiger partial charge in [0.15, 0.2) is 4.96 Å². The van der Waals surface area contributed by atoms with E-state index in [1.54, 1.807) is 16.5 Å². The van der Waals surface area contributed by atoms with Gasteiger partial charge in [-0.1, -0.05) is 47.2 Å². The Morgan fingerprint density at radius 1 is 0.938 bits per heavy atom. The van der Waals surface area contributed by atoms with Crippen LogP contribution in [0.4, 0.5) is 0 Å². The molecule has 0 aliphatic carbocycles. The van der Waals surface area contributed by atoms with Gasteiger partial charge >= 0.3 is 0 Å². The number of hydrogen-bond acceptors (Lipinski definition) is 5. The largest absolute Gasteiger partial charge is 0.493 e. The second kappa shape index (κ2) is 9.02. The highest BCUT2D eigenvalue weighted by molar-refractivity contribution is 7.15. The minimum Gasteiger partial charge on any atom is -0.493 e. The number of hydrogen-bond donors (Lipinski definition) is 0. The number of nitrogens with zero attached hydrogens (tertiary/aromatic N) is 2. The van der Waals surface area contributed by atoms with E-state index in [0.29, 0.717) is 27.7 Å². The molecule has 0 fully saturated rings. The third-order valence-corrected chi connectivity index (χ3v) is 6.16. The zero-order valence-corrected chi connectivity index (χ0v) is 18.6. The summed E-state index contributed by atoms with van der Waals surface area (Å²) in [6.07, 6.45) is 2.63. The lowest BCUT2D eigenvalue weighted by Crippen LogP contribution is -2.22. The fourth-order valence-electron chi connectivity index (χ4n) is 3.43. The molecule has 7 heteroatoms. The number of fused-ring (bicyclic) bond motifs is 3. The number of ether oxygens (including phenoxy) is 2. The van der Waals surface area contributed by atoms with Crippen LogP contribution in [0.3, 0.4) is 0 Å². The Labute approximate surface area is 193 Å². The Bertz CT molecular complexity index is 1490. The molecule has 0 spiro atoms. The lowest BCUT2D eigenvalue weighted by Gasteiger charge is -2.08. The third kappa shape index (κ3) is 4.33. The number of rotatable bonds is 7. The first kappa shape index (κ1) is 20.5. The van der Waals surface area contributed by atoms with Crippen LogP contribution in [0.15, 0.2) is 77.6 Å². The molecule has 0 aliphatic rings. The van der Waals surface area contributed by atoms with E-state index in [4.69, 9.17) is 21.1 Å². The van der Waals surface area contributed by atoms with Gasteiger partial charge in [0.25, 0.3) is 5.56 Å². The SMILES string of the molecule is O=c1/c(=C/c2cccc(OCCCOc3ccc(Cl)cc3)c2)sc2nc3ccccc3n12. The molecular formula is C25H19ClN2O3S. The van der Waals surface area contributed by atoms with Crippen LogP contribution < -0.4 is 19.6 Å². The molecule has 0 atom stereocenters. The zero-order valence-electron chi connectivity index (χ0n) is 17.0. The van der Waals surface area contributed by atoms with Crippen molar-refractivity contribution in [3.8, 4) is 11.5 Å². The molecule has 0 saturated heterocycles. The van der Waals surface area contributed by atoms with Gasteiger partial charge in [-0.05, 0) is 60.2 Å². The fourth-order valence-corrected chi connectivity index (χ4v) is 4.54. The second-order valence-corrected chi connectivity index (χ2v) is 8.66. The van der Waals surface area contributed by atoms with Gasteiger partial charge in [-0.3, -0.25) is 4.79 Å². The number of thiazole rings is 1. The molecule has 5 aromatic rings. The van der Waals surface area contributed by atoms with Gasteiger partial charge in [-0.25, -0.2) is 9.38 Å². The lowest BCUT2D eigenvalue weighted by atomic mass is 10.2. The molecular weight excluding hydrogens is 444 g/mol. The topological polar surface area (TPSA) is 52.8 Å². The highest BCUT2D eigenvalue weighted by Crippen LogP contribution is 2.18. The Kier molecular flexibility index (Phi) is 5.79. The van der Waals surface area contributed by atoms with Gasteiger partial charge in [0.05, 0.1) is 28.8 Å². The molecule has 2 aromatic heterocycles. The van der Waals surface area contributed by atoms with E-state index in [1.165, 1.54) is 11.3 Å². The van der Waals surface area contributed by atoms with Crippen LogP contribution in [-0.4, -0.2) is 22.6 Å². The molecule has 2 heterocycles. The standard InChI is InChI=1S/C25H19ClN2O3S/c26-18-9-11-19(12-10-18)30-13-4-14-31-20-6-3-5-17(15-20)16-23-24(29)28-22-8-2-1-7-21(22)27-25(28)32-23/h1-3,5-12,15-16H,4,13-14H2/b23-16-. The minimum absolute atomic E-state index is 0.0515. The Hall–Kier alpha value is -3.35. The minimum atomic E-state index is -0.0515. The van der Waals surface area contributed by atoms with Gasteiger partial charge in [0.1, 0.15) is 11.5 Å². The van der Waals surface area contributed by atoms with E-state index in [-0.39, 0.29) is 5.56 Å². The summed E-state index contributed by atoms with van der Waals surface area (Å²) in [5.74, 6) is 1.54. The fraction of sp³-hybridized carbons (Fsp3) is 0.120. The lowest BCUT2D eigenvalue weighted by molar-refractivity contribution is 0.247. The molecule has 160 valence electrons. The van der Waals surface area contributed by atoms with Crippen molar-refractivity contribution in [2.75, 3.05) is 13.2 Å². The van der Waals surface area contributed by atoms with Crippen LogP contribution in [0.1, 0.15) is 12.0 Å². The van der Waals surface area contributed by atoms with Crippen LogP contribution in [0.25, 0.3) is 22.1 Å².